The van der Waals surface area contributed by atoms with Crippen LogP contribution < -0.4 is 9.83 Å². The molecule has 0 aliphatic heterocycles. The Kier molecular flexibility index (Phi) is 5.00. The van der Waals surface area contributed by atoms with Crippen LogP contribution in [0.15, 0.2) is 46.7 Å². The molecule has 1 heterocycles. The highest BCUT2D eigenvalue weighted by Gasteiger charge is 2.22. The Morgan fingerprint density at radius 1 is 1.29 bits per heavy atom. The zero-order chi connectivity index (χ0) is 15.5. The topological polar surface area (TPSA) is 86.3 Å². The van der Waals surface area contributed by atoms with E-state index >= 15 is 0 Å². The molecule has 0 aliphatic rings. The number of nitrogens with one attached hydrogen (secondary N) is 1. The van der Waals surface area contributed by atoms with Crippen LogP contribution in [0.5, 0.6) is 0 Å². The Hall–Kier alpha value is -1.41. The number of aliphatic carboxylic acids is 1. The quantitative estimate of drug-likeness (QED) is 0.861. The molecule has 8 heteroatoms. The van der Waals surface area contributed by atoms with Crippen LogP contribution in [0.2, 0.25) is 5.02 Å². The average molecular weight is 345 g/mol. The predicted octanol–water partition coefficient (Wildman–Crippen LogP) is 1.56. The van der Waals surface area contributed by atoms with Crippen molar-refractivity contribution >= 4 is 38.9 Å². The van der Waals surface area contributed by atoms with Crippen molar-refractivity contribution < 1.29 is 18.3 Å². The minimum Gasteiger partial charge on any atom is -0.550 e. The summed E-state index contributed by atoms with van der Waals surface area (Å²) >= 11 is 6.99. The second kappa shape index (κ2) is 6.57. The third-order valence-corrected chi connectivity index (χ3v) is 5.40. The predicted molar refractivity (Wildman–Crippen MR) is 78.5 cm³/mol. The summed E-state index contributed by atoms with van der Waals surface area (Å²) in [5.74, 6) is -1.33. The average Bonchev–Trinajstić information content (AvgIpc) is 2.91. The first-order chi connectivity index (χ1) is 9.88. The monoisotopic (exact) mass is 344 g/mol. The zero-order valence-corrected chi connectivity index (χ0v) is 13.0. The standard InChI is InChI=1S/C13H12ClNO4S2/c14-9-3-5-10(6-4-9)21(18,19)15-11(8-13(16)17)12-2-1-7-20-12/h1-7,11,15H,8H2,(H,16,17)/p-1. The maximum absolute atomic E-state index is 12.3. The second-order valence-corrected chi connectivity index (χ2v) is 7.35. The van der Waals surface area contributed by atoms with Crippen LogP contribution in [0.3, 0.4) is 0 Å². The number of halogens is 1. The van der Waals surface area contributed by atoms with Gasteiger partial charge in [-0.1, -0.05) is 17.7 Å². The maximum atomic E-state index is 12.3. The summed E-state index contributed by atoms with van der Waals surface area (Å²) in [5, 5.41) is 13.0. The lowest BCUT2D eigenvalue weighted by Crippen LogP contribution is -2.33. The number of benzene rings is 1. The van der Waals surface area contributed by atoms with Gasteiger partial charge in [0.15, 0.2) is 0 Å². The van der Waals surface area contributed by atoms with Crippen LogP contribution in [0, 0.1) is 0 Å². The van der Waals surface area contributed by atoms with E-state index < -0.39 is 28.5 Å². The van der Waals surface area contributed by atoms with Gasteiger partial charge in [-0.3, -0.25) is 0 Å². The molecule has 1 aromatic heterocycles. The van der Waals surface area contributed by atoms with E-state index in [1.165, 1.54) is 35.6 Å². The van der Waals surface area contributed by atoms with Crippen molar-refractivity contribution in [1.82, 2.24) is 4.72 Å². The maximum Gasteiger partial charge on any atom is 0.241 e. The highest BCUT2D eigenvalue weighted by molar-refractivity contribution is 7.89. The Morgan fingerprint density at radius 2 is 1.95 bits per heavy atom. The zero-order valence-electron chi connectivity index (χ0n) is 10.7. The molecule has 0 spiro atoms. The third-order valence-electron chi connectivity index (χ3n) is 2.68. The molecule has 2 rings (SSSR count). The molecular formula is C13H11ClNO4S2-. The molecule has 1 atom stereocenters. The highest BCUT2D eigenvalue weighted by atomic mass is 35.5. The van der Waals surface area contributed by atoms with Gasteiger partial charge in [-0.05, 0) is 35.7 Å². The molecule has 0 fully saturated rings. The third kappa shape index (κ3) is 4.28. The van der Waals surface area contributed by atoms with Gasteiger partial charge in [0.1, 0.15) is 0 Å². The Morgan fingerprint density at radius 3 is 2.48 bits per heavy atom. The van der Waals surface area contributed by atoms with Gasteiger partial charge >= 0.3 is 0 Å². The van der Waals surface area contributed by atoms with Crippen molar-refractivity contribution in [3.8, 4) is 0 Å². The molecule has 1 unspecified atom stereocenters. The van der Waals surface area contributed by atoms with Gasteiger partial charge in [-0.15, -0.1) is 11.3 Å². The van der Waals surface area contributed by atoms with Crippen LogP contribution in [-0.2, 0) is 14.8 Å². The van der Waals surface area contributed by atoms with Gasteiger partial charge in [0, 0.05) is 22.3 Å². The number of rotatable bonds is 6. The minimum atomic E-state index is -3.84. The summed E-state index contributed by atoms with van der Waals surface area (Å²) in [6.07, 6.45) is -0.437. The van der Waals surface area contributed by atoms with Crippen molar-refractivity contribution in [2.45, 2.75) is 17.4 Å². The first-order valence-electron chi connectivity index (χ1n) is 5.89. The van der Waals surface area contributed by atoms with Gasteiger partial charge in [0.2, 0.25) is 10.0 Å². The van der Waals surface area contributed by atoms with Crippen molar-refractivity contribution in [1.29, 1.82) is 0 Å². The fourth-order valence-electron chi connectivity index (χ4n) is 1.73. The summed E-state index contributed by atoms with van der Waals surface area (Å²) in [4.78, 5) is 11.4. The minimum absolute atomic E-state index is 0.0202. The molecule has 5 nitrogen and oxygen atoms in total. The first-order valence-corrected chi connectivity index (χ1v) is 8.64. The molecule has 2 aromatic rings. The summed E-state index contributed by atoms with van der Waals surface area (Å²) < 4.78 is 26.9. The molecular weight excluding hydrogens is 334 g/mol. The van der Waals surface area contributed by atoms with Gasteiger partial charge in [-0.25, -0.2) is 13.1 Å². The Labute approximate surface area is 131 Å². The van der Waals surface area contributed by atoms with Gasteiger partial charge < -0.3 is 9.90 Å². The normalized spacial score (nSPS) is 13.0. The van der Waals surface area contributed by atoms with E-state index in [4.69, 9.17) is 11.6 Å². The van der Waals surface area contributed by atoms with Crippen molar-refractivity contribution in [2.24, 2.45) is 0 Å². The van der Waals surface area contributed by atoms with Crippen LogP contribution >= 0.6 is 22.9 Å². The molecule has 0 saturated heterocycles. The van der Waals surface area contributed by atoms with Crippen LogP contribution in [-0.4, -0.2) is 14.4 Å². The molecule has 0 radical (unpaired) electrons. The van der Waals surface area contributed by atoms with E-state index in [0.29, 0.717) is 9.90 Å². The number of hydrogen-bond acceptors (Lipinski definition) is 5. The van der Waals surface area contributed by atoms with E-state index in [1.807, 2.05) is 0 Å². The first kappa shape index (κ1) is 16.0. The smallest absolute Gasteiger partial charge is 0.241 e. The Bertz CT molecular complexity index is 711. The molecule has 0 aliphatic carbocycles. The molecule has 112 valence electrons. The summed E-state index contributed by atoms with van der Waals surface area (Å²) in [7, 11) is -3.84. The molecule has 0 bridgehead atoms. The molecule has 0 saturated carbocycles. The van der Waals surface area contributed by atoms with Gasteiger partial charge in [0.25, 0.3) is 0 Å². The highest BCUT2D eigenvalue weighted by Crippen LogP contribution is 2.24. The van der Waals surface area contributed by atoms with E-state index in [-0.39, 0.29) is 4.90 Å². The Balaban J connectivity index is 2.27. The van der Waals surface area contributed by atoms with Crippen LogP contribution in [0.25, 0.3) is 0 Å². The van der Waals surface area contributed by atoms with E-state index in [9.17, 15) is 18.3 Å². The largest absolute Gasteiger partial charge is 0.550 e. The molecule has 0 amide bonds. The van der Waals surface area contributed by atoms with E-state index in [0.717, 1.165) is 0 Å². The van der Waals surface area contributed by atoms with Gasteiger partial charge in [0.05, 0.1) is 10.9 Å². The summed E-state index contributed by atoms with van der Waals surface area (Å²) in [5.41, 5.74) is 0. The van der Waals surface area contributed by atoms with E-state index in [2.05, 4.69) is 4.72 Å². The van der Waals surface area contributed by atoms with Crippen molar-refractivity contribution in [3.05, 3.63) is 51.7 Å². The second-order valence-electron chi connectivity index (χ2n) is 4.22. The molecule has 1 N–H and O–H groups in total. The number of carbonyl (C=O) groups excluding carboxylic acids is 1. The lowest BCUT2D eigenvalue weighted by atomic mass is 10.2. The summed E-state index contributed by atoms with van der Waals surface area (Å²) in [6.45, 7) is 0. The fourth-order valence-corrected chi connectivity index (χ4v) is 3.92. The van der Waals surface area contributed by atoms with Crippen molar-refractivity contribution in [3.63, 3.8) is 0 Å². The number of hydrogen-bond donors (Lipinski definition) is 1. The van der Waals surface area contributed by atoms with Crippen LogP contribution in [0.4, 0.5) is 0 Å². The number of carbonyl (C=O) groups is 1. The van der Waals surface area contributed by atoms with Gasteiger partial charge in [-0.2, -0.15) is 0 Å². The fraction of sp³-hybridized carbons (Fsp3) is 0.154. The van der Waals surface area contributed by atoms with E-state index in [1.54, 1.807) is 17.5 Å². The SMILES string of the molecule is O=C([O-])CC(NS(=O)(=O)c1ccc(Cl)cc1)c1cccs1. The van der Waals surface area contributed by atoms with Crippen molar-refractivity contribution in [2.75, 3.05) is 0 Å². The number of carboxylic acids is 1. The number of sulfonamides is 1. The molecule has 1 aromatic carbocycles. The number of carboxylic acid groups (broad SMARTS) is 1. The molecule has 21 heavy (non-hydrogen) atoms. The lowest BCUT2D eigenvalue weighted by molar-refractivity contribution is -0.306. The van der Waals surface area contributed by atoms with Crippen LogP contribution in [0.1, 0.15) is 17.3 Å². The summed E-state index contributed by atoms with van der Waals surface area (Å²) in [6, 6.07) is 8.14. The lowest BCUT2D eigenvalue weighted by Gasteiger charge is -2.18. The number of thiophene rings is 1.